The van der Waals surface area contributed by atoms with Gasteiger partial charge in [0, 0.05) is 26.2 Å². The van der Waals surface area contributed by atoms with E-state index < -0.39 is 0 Å². The highest BCUT2D eigenvalue weighted by Gasteiger charge is 2.47. The lowest BCUT2D eigenvalue weighted by Gasteiger charge is -2.46. The van der Waals surface area contributed by atoms with Gasteiger partial charge in [0.25, 0.3) is 0 Å². The molecule has 0 aromatic heterocycles. The van der Waals surface area contributed by atoms with Crippen molar-refractivity contribution in [3.63, 3.8) is 0 Å². The van der Waals surface area contributed by atoms with Crippen LogP contribution < -0.4 is 0 Å². The molecule has 1 amide bonds. The number of hydrogen-bond donors (Lipinski definition) is 0. The van der Waals surface area contributed by atoms with Gasteiger partial charge >= 0.3 is 0 Å². The Labute approximate surface area is 121 Å². The topological polar surface area (TPSA) is 23.6 Å². The maximum Gasteiger partial charge on any atom is 0.233 e. The molecule has 2 aliphatic rings. The monoisotopic (exact) mass is 272 g/mol. The van der Waals surface area contributed by atoms with Crippen LogP contribution in [-0.4, -0.2) is 48.4 Å². The SMILES string of the molecule is CCN1CCN(C(=O)C2(c3ccccc3)CCC2)CC1. The van der Waals surface area contributed by atoms with Crippen LogP contribution in [0.5, 0.6) is 0 Å². The first kappa shape index (κ1) is 13.6. The van der Waals surface area contributed by atoms with Gasteiger partial charge in [0.2, 0.25) is 5.91 Å². The quantitative estimate of drug-likeness (QED) is 0.843. The van der Waals surface area contributed by atoms with E-state index in [-0.39, 0.29) is 5.41 Å². The molecule has 1 heterocycles. The third kappa shape index (κ3) is 2.24. The number of hydrogen-bond acceptors (Lipinski definition) is 2. The Bertz CT molecular complexity index is 459. The van der Waals surface area contributed by atoms with Gasteiger partial charge in [0.1, 0.15) is 0 Å². The number of carbonyl (C=O) groups is 1. The zero-order valence-corrected chi connectivity index (χ0v) is 12.3. The predicted molar refractivity (Wildman–Crippen MR) is 80.7 cm³/mol. The van der Waals surface area contributed by atoms with Crippen LogP contribution in [0.15, 0.2) is 30.3 Å². The highest BCUT2D eigenvalue weighted by Crippen LogP contribution is 2.45. The largest absolute Gasteiger partial charge is 0.339 e. The van der Waals surface area contributed by atoms with E-state index in [0.717, 1.165) is 45.6 Å². The van der Waals surface area contributed by atoms with E-state index in [1.54, 1.807) is 0 Å². The van der Waals surface area contributed by atoms with Gasteiger partial charge < -0.3 is 9.80 Å². The van der Waals surface area contributed by atoms with Gasteiger partial charge in [0.05, 0.1) is 5.41 Å². The van der Waals surface area contributed by atoms with Crippen molar-refractivity contribution >= 4 is 5.91 Å². The molecule has 1 saturated heterocycles. The highest BCUT2D eigenvalue weighted by molar-refractivity contribution is 5.89. The molecule has 0 radical (unpaired) electrons. The summed E-state index contributed by atoms with van der Waals surface area (Å²) in [7, 11) is 0. The van der Waals surface area contributed by atoms with Crippen LogP contribution >= 0.6 is 0 Å². The smallest absolute Gasteiger partial charge is 0.233 e. The molecule has 0 unspecified atom stereocenters. The van der Waals surface area contributed by atoms with Crippen molar-refractivity contribution in [2.45, 2.75) is 31.6 Å². The lowest BCUT2D eigenvalue weighted by Crippen LogP contribution is -2.56. The molecule has 3 nitrogen and oxygen atoms in total. The van der Waals surface area contributed by atoms with E-state index in [1.165, 1.54) is 12.0 Å². The van der Waals surface area contributed by atoms with Crippen LogP contribution in [0.2, 0.25) is 0 Å². The van der Waals surface area contributed by atoms with Crippen molar-refractivity contribution in [1.82, 2.24) is 9.80 Å². The zero-order valence-electron chi connectivity index (χ0n) is 12.3. The van der Waals surface area contributed by atoms with Crippen LogP contribution in [-0.2, 0) is 10.2 Å². The Kier molecular flexibility index (Phi) is 3.79. The summed E-state index contributed by atoms with van der Waals surface area (Å²) in [6.45, 7) is 7.10. The molecule has 2 fully saturated rings. The minimum absolute atomic E-state index is 0.213. The first-order chi connectivity index (χ1) is 9.76. The average Bonchev–Trinajstić information content (AvgIpc) is 2.47. The molecule has 0 spiro atoms. The fourth-order valence-electron chi connectivity index (χ4n) is 3.48. The fraction of sp³-hybridized carbons (Fsp3) is 0.588. The molecule has 108 valence electrons. The molecule has 0 atom stereocenters. The van der Waals surface area contributed by atoms with Crippen molar-refractivity contribution in [2.75, 3.05) is 32.7 Å². The average molecular weight is 272 g/mol. The van der Waals surface area contributed by atoms with E-state index in [4.69, 9.17) is 0 Å². The van der Waals surface area contributed by atoms with E-state index in [2.05, 4.69) is 41.0 Å². The summed E-state index contributed by atoms with van der Waals surface area (Å²) in [4.78, 5) is 17.5. The van der Waals surface area contributed by atoms with Gasteiger partial charge in [-0.05, 0) is 24.9 Å². The number of amides is 1. The van der Waals surface area contributed by atoms with Crippen LogP contribution in [0.3, 0.4) is 0 Å². The minimum Gasteiger partial charge on any atom is -0.339 e. The first-order valence-electron chi connectivity index (χ1n) is 7.83. The zero-order chi connectivity index (χ0) is 14.0. The summed E-state index contributed by atoms with van der Waals surface area (Å²) in [6.07, 6.45) is 3.21. The van der Waals surface area contributed by atoms with Gasteiger partial charge in [-0.15, -0.1) is 0 Å². The number of likely N-dealkylation sites (N-methyl/N-ethyl adjacent to an activating group) is 1. The summed E-state index contributed by atoms with van der Waals surface area (Å²) in [5, 5.41) is 0. The van der Waals surface area contributed by atoms with Crippen LogP contribution in [0, 0.1) is 0 Å². The fourth-order valence-corrected chi connectivity index (χ4v) is 3.48. The third-order valence-electron chi connectivity index (χ3n) is 5.05. The van der Waals surface area contributed by atoms with Crippen molar-refractivity contribution in [2.24, 2.45) is 0 Å². The molecular weight excluding hydrogens is 248 g/mol. The van der Waals surface area contributed by atoms with E-state index >= 15 is 0 Å². The molecule has 3 heteroatoms. The van der Waals surface area contributed by atoms with Crippen LogP contribution in [0.1, 0.15) is 31.7 Å². The molecular formula is C17H24N2O. The highest BCUT2D eigenvalue weighted by atomic mass is 16.2. The number of benzene rings is 1. The second kappa shape index (κ2) is 5.57. The van der Waals surface area contributed by atoms with Gasteiger partial charge in [-0.3, -0.25) is 4.79 Å². The second-order valence-corrected chi connectivity index (χ2v) is 6.03. The number of rotatable bonds is 3. The Morgan fingerprint density at radius 3 is 2.25 bits per heavy atom. The minimum atomic E-state index is -0.213. The third-order valence-corrected chi connectivity index (χ3v) is 5.05. The summed E-state index contributed by atoms with van der Waals surface area (Å²) in [5.74, 6) is 0.366. The Morgan fingerprint density at radius 2 is 1.75 bits per heavy atom. The lowest BCUT2D eigenvalue weighted by molar-refractivity contribution is -0.142. The van der Waals surface area contributed by atoms with E-state index in [0.29, 0.717) is 5.91 Å². The van der Waals surface area contributed by atoms with Gasteiger partial charge in [-0.2, -0.15) is 0 Å². The van der Waals surface area contributed by atoms with E-state index in [1.807, 2.05) is 6.07 Å². The molecule has 3 rings (SSSR count). The normalized spacial score (nSPS) is 22.4. The van der Waals surface area contributed by atoms with Gasteiger partial charge in [-0.1, -0.05) is 43.7 Å². The van der Waals surface area contributed by atoms with Crippen molar-refractivity contribution in [1.29, 1.82) is 0 Å². The number of carbonyl (C=O) groups excluding carboxylic acids is 1. The van der Waals surface area contributed by atoms with Gasteiger partial charge in [0.15, 0.2) is 0 Å². The number of piperazine rings is 1. The lowest BCUT2D eigenvalue weighted by atomic mass is 9.63. The Morgan fingerprint density at radius 1 is 1.10 bits per heavy atom. The molecule has 0 bridgehead atoms. The van der Waals surface area contributed by atoms with Crippen molar-refractivity contribution in [3.8, 4) is 0 Å². The summed E-state index contributed by atoms with van der Waals surface area (Å²) < 4.78 is 0. The maximum atomic E-state index is 13.0. The van der Waals surface area contributed by atoms with Gasteiger partial charge in [-0.25, -0.2) is 0 Å². The standard InChI is InChI=1S/C17H24N2O/c1-2-18-11-13-19(14-12-18)16(20)17(9-6-10-17)15-7-4-3-5-8-15/h3-5,7-8H,2,6,9-14H2,1H3. The molecule has 1 aliphatic heterocycles. The second-order valence-electron chi connectivity index (χ2n) is 6.03. The molecule has 1 aromatic rings. The van der Waals surface area contributed by atoms with E-state index in [9.17, 15) is 4.79 Å². The Hall–Kier alpha value is -1.35. The maximum absolute atomic E-state index is 13.0. The first-order valence-corrected chi connectivity index (χ1v) is 7.83. The summed E-state index contributed by atoms with van der Waals surface area (Å²) >= 11 is 0. The van der Waals surface area contributed by atoms with Crippen LogP contribution in [0.4, 0.5) is 0 Å². The summed E-state index contributed by atoms with van der Waals surface area (Å²) in [6, 6.07) is 10.4. The number of nitrogens with zero attached hydrogens (tertiary/aromatic N) is 2. The molecule has 1 saturated carbocycles. The molecule has 1 aliphatic carbocycles. The summed E-state index contributed by atoms with van der Waals surface area (Å²) in [5.41, 5.74) is 1.00. The van der Waals surface area contributed by atoms with Crippen molar-refractivity contribution in [3.05, 3.63) is 35.9 Å². The molecule has 1 aromatic carbocycles. The molecule has 20 heavy (non-hydrogen) atoms. The van der Waals surface area contributed by atoms with Crippen molar-refractivity contribution < 1.29 is 4.79 Å². The predicted octanol–water partition coefficient (Wildman–Crippen LogP) is 2.27. The Balaban J connectivity index is 1.75. The molecule has 0 N–H and O–H groups in total. The van der Waals surface area contributed by atoms with Crippen LogP contribution in [0.25, 0.3) is 0 Å².